The van der Waals surface area contributed by atoms with Gasteiger partial charge in [-0.2, -0.15) is 0 Å². The summed E-state index contributed by atoms with van der Waals surface area (Å²) in [5.74, 6) is 0.100. The first-order valence-corrected chi connectivity index (χ1v) is 15.7. The number of nitrogens with zero attached hydrogens (tertiary/aromatic N) is 2. The first kappa shape index (κ1) is 29.6. The van der Waals surface area contributed by atoms with E-state index in [9.17, 15) is 9.90 Å². The standard InChI is InChI=1S/C36H43FN2O4/c1-22(35(40)41)34(24-7-8-24)26-9-6-23-11-13-31(43-32(23)17-26)25-10-12-28(29-18-33(42-4)38-19-30(29)37)27(16-25)20-39-15-5-14-36(2,3)21-39/h6,9-10,12,16-19,22,24,31,34H,5,7-8,11,13-15,20-21H2,1-4H3,(H,40,41)/t22-,31-,34?/m0/s1. The van der Waals surface area contributed by atoms with E-state index >= 15 is 4.39 Å². The fraction of sp³-hybridized carbons (Fsp3) is 0.500. The number of rotatable bonds is 9. The number of aryl methyl sites for hydroxylation is 1. The molecule has 1 saturated carbocycles. The van der Waals surface area contributed by atoms with Gasteiger partial charge in [-0.3, -0.25) is 9.69 Å². The number of ether oxygens (including phenoxy) is 2. The summed E-state index contributed by atoms with van der Waals surface area (Å²) in [7, 11) is 1.54. The lowest BCUT2D eigenvalue weighted by molar-refractivity contribution is -0.142. The molecular formula is C36H43FN2O4. The fourth-order valence-electron chi connectivity index (χ4n) is 7.27. The molecule has 0 bridgehead atoms. The zero-order valence-electron chi connectivity index (χ0n) is 25.7. The Morgan fingerprint density at radius 2 is 1.98 bits per heavy atom. The number of carbonyl (C=O) groups is 1. The Kier molecular flexibility index (Phi) is 8.20. The molecule has 2 aliphatic heterocycles. The molecule has 228 valence electrons. The summed E-state index contributed by atoms with van der Waals surface area (Å²) in [6.45, 7) is 9.18. The number of aliphatic carboxylic acids is 1. The third-order valence-corrected chi connectivity index (χ3v) is 9.68. The molecule has 6 rings (SSSR count). The van der Waals surface area contributed by atoms with E-state index in [0.717, 1.165) is 85.3 Å². The van der Waals surface area contributed by atoms with Crippen LogP contribution >= 0.6 is 0 Å². The lowest BCUT2D eigenvalue weighted by atomic mass is 9.82. The SMILES string of the molecule is COc1cc(-c2ccc([C@@H]3CCc4ccc(C(C5CC5)[C@H](C)C(=O)O)cc4O3)cc2CN2CCCC(C)(C)C2)c(F)cn1. The summed E-state index contributed by atoms with van der Waals surface area (Å²) >= 11 is 0. The molecular weight excluding hydrogens is 543 g/mol. The molecule has 0 radical (unpaired) electrons. The molecule has 1 saturated heterocycles. The summed E-state index contributed by atoms with van der Waals surface area (Å²) < 4.78 is 27.2. The first-order chi connectivity index (χ1) is 20.6. The van der Waals surface area contributed by atoms with Crippen LogP contribution in [0.1, 0.15) is 87.2 Å². The van der Waals surface area contributed by atoms with Crippen molar-refractivity contribution in [1.82, 2.24) is 9.88 Å². The van der Waals surface area contributed by atoms with Gasteiger partial charge in [0.15, 0.2) is 0 Å². The van der Waals surface area contributed by atoms with Crippen molar-refractivity contribution in [1.29, 1.82) is 0 Å². The minimum absolute atomic E-state index is 0.00120. The second-order valence-corrected chi connectivity index (χ2v) is 13.6. The van der Waals surface area contributed by atoms with Gasteiger partial charge < -0.3 is 14.6 Å². The van der Waals surface area contributed by atoms with Crippen LogP contribution in [-0.2, 0) is 17.8 Å². The lowest BCUT2D eigenvalue weighted by Gasteiger charge is -2.38. The van der Waals surface area contributed by atoms with Crippen molar-refractivity contribution in [3.8, 4) is 22.8 Å². The maximum absolute atomic E-state index is 15.2. The number of benzene rings is 2. The fourth-order valence-corrected chi connectivity index (χ4v) is 7.27. The molecule has 1 N–H and O–H groups in total. The smallest absolute Gasteiger partial charge is 0.306 e. The predicted octanol–water partition coefficient (Wildman–Crippen LogP) is 7.80. The van der Waals surface area contributed by atoms with Crippen LogP contribution in [-0.4, -0.2) is 41.2 Å². The van der Waals surface area contributed by atoms with E-state index in [0.29, 0.717) is 17.4 Å². The van der Waals surface area contributed by atoms with Crippen molar-refractivity contribution in [2.45, 2.75) is 77.9 Å². The molecule has 1 aliphatic carbocycles. The zero-order chi connectivity index (χ0) is 30.3. The monoisotopic (exact) mass is 586 g/mol. The zero-order valence-corrected chi connectivity index (χ0v) is 25.7. The number of hydrogen-bond donors (Lipinski definition) is 1. The quantitative estimate of drug-likeness (QED) is 0.276. The normalized spacial score (nSPS) is 21.4. The summed E-state index contributed by atoms with van der Waals surface area (Å²) in [5.41, 5.74) is 5.94. The molecule has 2 aromatic carbocycles. The van der Waals surface area contributed by atoms with Crippen LogP contribution < -0.4 is 9.47 Å². The van der Waals surface area contributed by atoms with Gasteiger partial charge in [0.2, 0.25) is 5.88 Å². The molecule has 1 aromatic heterocycles. The third kappa shape index (κ3) is 6.42. The molecule has 43 heavy (non-hydrogen) atoms. The maximum Gasteiger partial charge on any atom is 0.306 e. The summed E-state index contributed by atoms with van der Waals surface area (Å²) in [6.07, 6.45) is 7.33. The van der Waals surface area contributed by atoms with Gasteiger partial charge >= 0.3 is 5.97 Å². The van der Waals surface area contributed by atoms with Gasteiger partial charge in [-0.25, -0.2) is 9.37 Å². The Morgan fingerprint density at radius 3 is 2.70 bits per heavy atom. The van der Waals surface area contributed by atoms with Crippen molar-refractivity contribution in [2.24, 2.45) is 17.3 Å². The largest absolute Gasteiger partial charge is 0.485 e. The highest BCUT2D eigenvalue weighted by Gasteiger charge is 2.39. The van der Waals surface area contributed by atoms with Crippen molar-refractivity contribution >= 4 is 5.97 Å². The number of likely N-dealkylation sites (tertiary alicyclic amines) is 1. The summed E-state index contributed by atoms with van der Waals surface area (Å²) in [4.78, 5) is 18.4. The number of halogens is 1. The molecule has 3 aromatic rings. The van der Waals surface area contributed by atoms with Crippen LogP contribution in [0, 0.1) is 23.1 Å². The van der Waals surface area contributed by atoms with Crippen molar-refractivity contribution in [2.75, 3.05) is 20.2 Å². The lowest BCUT2D eigenvalue weighted by Crippen LogP contribution is -2.39. The van der Waals surface area contributed by atoms with E-state index in [-0.39, 0.29) is 23.3 Å². The second-order valence-electron chi connectivity index (χ2n) is 13.6. The topological polar surface area (TPSA) is 71.9 Å². The van der Waals surface area contributed by atoms with E-state index in [2.05, 4.69) is 54.1 Å². The van der Waals surface area contributed by atoms with Crippen LogP contribution in [0.3, 0.4) is 0 Å². The highest BCUT2D eigenvalue weighted by Crippen LogP contribution is 2.48. The summed E-state index contributed by atoms with van der Waals surface area (Å²) in [6, 6.07) is 14.3. The van der Waals surface area contributed by atoms with E-state index in [4.69, 9.17) is 9.47 Å². The Hall–Kier alpha value is -3.45. The first-order valence-electron chi connectivity index (χ1n) is 15.7. The number of hydrogen-bond acceptors (Lipinski definition) is 5. The van der Waals surface area contributed by atoms with Crippen LogP contribution in [0.25, 0.3) is 11.1 Å². The van der Waals surface area contributed by atoms with Crippen molar-refractivity contribution < 1.29 is 23.8 Å². The van der Waals surface area contributed by atoms with Gasteiger partial charge in [0.1, 0.15) is 17.7 Å². The van der Waals surface area contributed by atoms with Crippen LogP contribution in [0.2, 0.25) is 0 Å². The van der Waals surface area contributed by atoms with Gasteiger partial charge in [0.05, 0.1) is 19.2 Å². The van der Waals surface area contributed by atoms with Crippen molar-refractivity contribution in [3.63, 3.8) is 0 Å². The maximum atomic E-state index is 15.2. The van der Waals surface area contributed by atoms with E-state index in [1.165, 1.54) is 12.6 Å². The number of aromatic nitrogens is 1. The molecule has 2 fully saturated rings. The Balaban J connectivity index is 1.32. The highest BCUT2D eigenvalue weighted by atomic mass is 19.1. The van der Waals surface area contributed by atoms with Crippen LogP contribution in [0.4, 0.5) is 4.39 Å². The molecule has 3 heterocycles. The molecule has 3 atom stereocenters. The molecule has 0 spiro atoms. The van der Waals surface area contributed by atoms with Gasteiger partial charge in [0.25, 0.3) is 0 Å². The van der Waals surface area contributed by atoms with Crippen LogP contribution in [0.15, 0.2) is 48.7 Å². The Labute approximate surface area is 254 Å². The summed E-state index contributed by atoms with van der Waals surface area (Å²) in [5, 5.41) is 9.77. The molecule has 7 heteroatoms. The van der Waals surface area contributed by atoms with E-state index in [1.54, 1.807) is 13.2 Å². The van der Waals surface area contributed by atoms with Crippen molar-refractivity contribution in [3.05, 3.63) is 76.7 Å². The average molecular weight is 587 g/mol. The van der Waals surface area contributed by atoms with E-state index in [1.807, 2.05) is 13.0 Å². The Morgan fingerprint density at radius 1 is 1.16 bits per heavy atom. The molecule has 1 unspecified atom stereocenters. The number of carboxylic acid groups (broad SMARTS) is 1. The second kappa shape index (κ2) is 11.9. The molecule has 0 amide bonds. The van der Waals surface area contributed by atoms with Gasteiger partial charge in [0, 0.05) is 24.7 Å². The molecule has 6 nitrogen and oxygen atoms in total. The van der Waals surface area contributed by atoms with E-state index < -0.39 is 11.9 Å². The third-order valence-electron chi connectivity index (χ3n) is 9.68. The van der Waals surface area contributed by atoms with Crippen LogP contribution in [0.5, 0.6) is 11.6 Å². The minimum Gasteiger partial charge on any atom is -0.485 e. The van der Waals surface area contributed by atoms with Gasteiger partial charge in [-0.15, -0.1) is 0 Å². The van der Waals surface area contributed by atoms with Gasteiger partial charge in [-0.1, -0.05) is 51.1 Å². The predicted molar refractivity (Wildman–Crippen MR) is 165 cm³/mol. The minimum atomic E-state index is -0.749. The number of fused-ring (bicyclic) bond motifs is 1. The highest BCUT2D eigenvalue weighted by molar-refractivity contribution is 5.71. The number of carboxylic acids is 1. The number of piperidine rings is 1. The molecule has 3 aliphatic rings. The Bertz CT molecular complexity index is 1500. The average Bonchev–Trinajstić information content (AvgIpc) is 3.82. The number of pyridine rings is 1. The number of methoxy groups -OCH3 is 1. The van der Waals surface area contributed by atoms with Gasteiger partial charge in [-0.05, 0) is 96.2 Å².